The summed E-state index contributed by atoms with van der Waals surface area (Å²) < 4.78 is 0. The molecule has 0 spiro atoms. The number of unbranched alkanes of at least 4 members (excludes halogenated alkanes) is 1. The van der Waals surface area contributed by atoms with Crippen LogP contribution in [0.3, 0.4) is 0 Å². The van der Waals surface area contributed by atoms with E-state index in [9.17, 15) is 77.6 Å². The number of amides is 13. The van der Waals surface area contributed by atoms with Crippen molar-refractivity contribution in [2.75, 3.05) is 44.2 Å². The van der Waals surface area contributed by atoms with Crippen LogP contribution in [0.1, 0.15) is 102 Å². The standard InChI is InChI=1S/C68H96N18O17S2/c1-4-5-29-86(56(92)24-26-69)34-55(91)78-48(30-38-12-16-41(87)17-13-38)63(99)84-52-36-105-104-35-51(59(71)95)83-62(98)47(21-23-57(93)94)80-65(101)50(32-40-33-76-44-10-7-6-9-43(40)44)81-61(97)46(20-22-53(70)89)77-54(90)25-28-74-60(96)45(11-8-27-75-68(72)73)79-64(100)49(31-39-14-18-42(88)19-15-39)82-67(103)58(37(2)3)85-66(52)102/h6-7,9-10,12-19,33,37,45-52,58,76,87-88H,4-5,8,11,20-32,34-36,69H2,1-3H3,(H2,70,89)(H2,71,95)(H,74,96)(H,77,90)(H,78,91)(H,79,100)(H,80,101)(H,81,97)(H,82,103)(H,83,98)(H,84,99)(H,85,102)(H,93,94)(H4,72,73,75)/t45-,46-,47-,48-,49-,50-,51-,52-,58-/m0/s1. The molecule has 0 saturated carbocycles. The number of rotatable bonds is 28. The lowest BCUT2D eigenvalue weighted by Gasteiger charge is -2.29. The number of carboxylic acids is 1. The number of hydrogen-bond donors (Lipinski definition) is 20. The van der Waals surface area contributed by atoms with Crippen molar-refractivity contribution in [2.45, 2.75) is 159 Å². The molecule has 572 valence electrons. The number of guanidine groups is 1. The van der Waals surface area contributed by atoms with Crippen LogP contribution < -0.4 is 81.4 Å². The summed E-state index contributed by atoms with van der Waals surface area (Å²) in [5.74, 6) is -15.7. The van der Waals surface area contributed by atoms with Gasteiger partial charge in [0.2, 0.25) is 76.8 Å². The van der Waals surface area contributed by atoms with Gasteiger partial charge in [0.05, 0.1) is 6.54 Å². The second-order valence-corrected chi connectivity index (χ2v) is 27.8. The van der Waals surface area contributed by atoms with Gasteiger partial charge in [0, 0.05) is 99.7 Å². The van der Waals surface area contributed by atoms with E-state index in [0.29, 0.717) is 40.4 Å². The van der Waals surface area contributed by atoms with Gasteiger partial charge in [0.25, 0.3) is 0 Å². The number of para-hydroxylation sites is 1. The first-order valence-electron chi connectivity index (χ1n) is 34.1. The number of carbonyl (C=O) groups is 14. The number of carboxylic acid groups (broad SMARTS) is 1. The largest absolute Gasteiger partial charge is 0.508 e. The Bertz CT molecular complexity index is 3700. The molecule has 1 aliphatic rings. The summed E-state index contributed by atoms with van der Waals surface area (Å²) in [5, 5.41) is 66.9. The monoisotopic (exact) mass is 1500 g/mol. The molecular weight excluding hydrogens is 1400 g/mol. The normalized spacial score (nSPS) is 20.5. The van der Waals surface area contributed by atoms with Crippen LogP contribution in [-0.4, -0.2) is 213 Å². The van der Waals surface area contributed by atoms with Gasteiger partial charge in [-0.25, -0.2) is 0 Å². The Balaban J connectivity index is 1.61. The predicted molar refractivity (Wildman–Crippen MR) is 389 cm³/mol. The summed E-state index contributed by atoms with van der Waals surface area (Å²) in [5.41, 5.74) is 24.5. The van der Waals surface area contributed by atoms with Crippen molar-refractivity contribution in [3.05, 3.63) is 95.7 Å². The number of nitrogens with one attached hydrogen (secondary N) is 13. The second-order valence-electron chi connectivity index (χ2n) is 25.3. The van der Waals surface area contributed by atoms with Crippen LogP contribution in [0.5, 0.6) is 11.5 Å². The first-order chi connectivity index (χ1) is 49.9. The van der Waals surface area contributed by atoms with Gasteiger partial charge in [0.1, 0.15) is 65.9 Å². The summed E-state index contributed by atoms with van der Waals surface area (Å²) in [6.45, 7) is 4.27. The summed E-state index contributed by atoms with van der Waals surface area (Å²) in [4.78, 5) is 200. The van der Waals surface area contributed by atoms with Crippen LogP contribution in [0.15, 0.2) is 79.0 Å². The maximum atomic E-state index is 15.0. The molecule has 0 aliphatic carbocycles. The average molecular weight is 1500 g/mol. The number of carbonyl (C=O) groups excluding carboxylic acids is 13. The van der Waals surface area contributed by atoms with E-state index >= 15 is 4.79 Å². The van der Waals surface area contributed by atoms with Crippen molar-refractivity contribution in [3.63, 3.8) is 0 Å². The fourth-order valence-corrected chi connectivity index (χ4v) is 13.2. The number of nitrogens with zero attached hydrogens (tertiary/aromatic N) is 1. The van der Waals surface area contributed by atoms with Crippen LogP contribution >= 0.6 is 21.6 Å². The Kier molecular flexibility index (Phi) is 35.1. The van der Waals surface area contributed by atoms with Crippen LogP contribution in [-0.2, 0) is 86.4 Å². The van der Waals surface area contributed by atoms with Gasteiger partial charge < -0.3 is 107 Å². The van der Waals surface area contributed by atoms with Gasteiger partial charge in [-0.1, -0.05) is 91.2 Å². The Hall–Kier alpha value is -10.7. The van der Waals surface area contributed by atoms with Gasteiger partial charge >= 0.3 is 5.97 Å². The topological polar surface area (TPSA) is 579 Å². The molecule has 9 atom stereocenters. The number of primary amides is 2. The molecule has 1 fully saturated rings. The molecule has 0 bridgehead atoms. The molecule has 24 N–H and O–H groups in total. The van der Waals surface area contributed by atoms with Crippen molar-refractivity contribution >= 4 is 121 Å². The highest BCUT2D eigenvalue weighted by Crippen LogP contribution is 2.25. The van der Waals surface area contributed by atoms with E-state index in [1.165, 1.54) is 53.4 Å². The Morgan fingerprint density at radius 2 is 1.24 bits per heavy atom. The Labute approximate surface area is 613 Å². The lowest BCUT2D eigenvalue weighted by Crippen LogP contribution is -2.61. The fourth-order valence-electron chi connectivity index (χ4n) is 10.8. The van der Waals surface area contributed by atoms with Crippen molar-refractivity contribution < 1.29 is 82.4 Å². The summed E-state index contributed by atoms with van der Waals surface area (Å²) in [7, 11) is 1.68. The van der Waals surface area contributed by atoms with Crippen LogP contribution in [0, 0.1) is 11.3 Å². The minimum atomic E-state index is -1.75. The van der Waals surface area contributed by atoms with E-state index in [2.05, 4.69) is 63.5 Å². The van der Waals surface area contributed by atoms with E-state index in [4.69, 9.17) is 28.3 Å². The molecule has 0 unspecified atom stereocenters. The summed E-state index contributed by atoms with van der Waals surface area (Å²) >= 11 is 0. The number of phenols is 2. The highest BCUT2D eigenvalue weighted by molar-refractivity contribution is 8.76. The predicted octanol–water partition coefficient (Wildman–Crippen LogP) is -2.62. The zero-order valence-corrected chi connectivity index (χ0v) is 60.2. The van der Waals surface area contributed by atoms with Gasteiger partial charge in [-0.2, -0.15) is 0 Å². The molecule has 0 radical (unpaired) electrons. The molecule has 13 amide bonds. The number of aromatic nitrogens is 1. The van der Waals surface area contributed by atoms with Crippen LogP contribution in [0.2, 0.25) is 0 Å². The molecule has 3 aromatic carbocycles. The van der Waals surface area contributed by atoms with E-state index in [-0.39, 0.29) is 69.7 Å². The number of H-pyrrole nitrogens is 1. The smallest absolute Gasteiger partial charge is 0.303 e. The maximum absolute atomic E-state index is 15.0. The van der Waals surface area contributed by atoms with E-state index < -0.39 is 206 Å². The Morgan fingerprint density at radius 3 is 1.86 bits per heavy atom. The number of aliphatic carboxylic acids is 1. The number of phenolic OH excluding ortho intramolecular Hbond substituents is 2. The SMILES string of the molecule is CCCCN(CC(=O)N[C@@H](Cc1ccc(O)cc1)C(=O)N[C@H]1CSSC[C@@H](C(N)=O)NC(=O)[C@H](CCC(=O)O)NC(=O)[C@H](Cc2c[nH]c3ccccc23)NC(=O)[C@H](CCC(N)=O)NC(=O)CCNC(=O)[C@H](CCCNC(=N)N)NC(=O)[C@H](Cc2ccc(O)cc2)NC(=O)[C@H](C(C)C)NC1=O)C(=O)CCN. The number of hydrogen-bond acceptors (Lipinski definition) is 20. The quantitative estimate of drug-likeness (QED) is 0.0120. The van der Waals surface area contributed by atoms with E-state index in [1.54, 1.807) is 44.3 Å². The summed E-state index contributed by atoms with van der Waals surface area (Å²) in [6.07, 6.45) is -0.944. The van der Waals surface area contributed by atoms with Crippen molar-refractivity contribution in [1.82, 2.24) is 68.4 Å². The molecule has 1 saturated heterocycles. The van der Waals surface area contributed by atoms with Gasteiger partial charge in [0.15, 0.2) is 5.96 Å². The third-order valence-corrected chi connectivity index (χ3v) is 19.0. The van der Waals surface area contributed by atoms with Gasteiger partial charge in [-0.05, 0) is 85.0 Å². The first kappa shape index (κ1) is 85.0. The molecule has 5 rings (SSSR count). The first-order valence-corrected chi connectivity index (χ1v) is 36.6. The van der Waals surface area contributed by atoms with Crippen molar-refractivity contribution in [2.24, 2.45) is 28.9 Å². The third kappa shape index (κ3) is 29.5. The number of benzene rings is 3. The van der Waals surface area contributed by atoms with Crippen molar-refractivity contribution in [3.8, 4) is 11.5 Å². The molecule has 1 aliphatic heterocycles. The summed E-state index contributed by atoms with van der Waals surface area (Å²) in [6, 6.07) is 3.86. The van der Waals surface area contributed by atoms with Gasteiger partial charge in [-0.15, -0.1) is 0 Å². The molecule has 37 heteroatoms. The highest BCUT2D eigenvalue weighted by Gasteiger charge is 2.37. The number of nitrogens with two attached hydrogens (primary N) is 4. The van der Waals surface area contributed by atoms with Crippen LogP contribution in [0.25, 0.3) is 10.9 Å². The molecule has 2 heterocycles. The zero-order chi connectivity index (χ0) is 77.3. The van der Waals surface area contributed by atoms with Crippen LogP contribution in [0.4, 0.5) is 0 Å². The molecule has 4 aromatic rings. The average Bonchev–Trinajstić information content (AvgIpc) is 1.73. The minimum Gasteiger partial charge on any atom is -0.508 e. The third-order valence-electron chi connectivity index (χ3n) is 16.6. The highest BCUT2D eigenvalue weighted by atomic mass is 33.1. The number of fused-ring (bicyclic) bond motifs is 1. The molecular formula is C68H96N18O17S2. The molecule has 105 heavy (non-hydrogen) atoms. The lowest BCUT2D eigenvalue weighted by molar-refractivity contribution is -0.138. The van der Waals surface area contributed by atoms with E-state index in [1.807, 2.05) is 6.92 Å². The van der Waals surface area contributed by atoms with Crippen molar-refractivity contribution in [1.29, 1.82) is 5.41 Å². The maximum Gasteiger partial charge on any atom is 0.303 e. The number of aromatic amines is 1. The minimum absolute atomic E-state index is 0.00820. The second kappa shape index (κ2) is 43.4. The Morgan fingerprint density at radius 1 is 0.657 bits per heavy atom. The number of aromatic hydroxyl groups is 2. The van der Waals surface area contributed by atoms with E-state index in [0.717, 1.165) is 21.6 Å². The lowest BCUT2D eigenvalue weighted by atomic mass is 10.00. The zero-order valence-electron chi connectivity index (χ0n) is 58.6. The van der Waals surface area contributed by atoms with Gasteiger partial charge in [-0.3, -0.25) is 72.5 Å². The molecule has 35 nitrogen and oxygen atoms in total. The molecule has 1 aromatic heterocycles. The fraction of sp³-hybridized carbons (Fsp3) is 0.485.